The minimum absolute atomic E-state index is 0.364. The van der Waals surface area contributed by atoms with E-state index in [0.29, 0.717) is 18.4 Å². The molecule has 0 radical (unpaired) electrons. The molecule has 1 nitrogen and oxygen atoms in total. The van der Waals surface area contributed by atoms with Crippen LogP contribution in [-0.4, -0.2) is 11.7 Å². The number of aliphatic hydroxyl groups excluding tert-OH is 1. The topological polar surface area (TPSA) is 20.2 Å². The summed E-state index contributed by atoms with van der Waals surface area (Å²) < 4.78 is 0. The molecule has 0 unspecified atom stereocenters. The number of hydrogen-bond acceptors (Lipinski definition) is 2. The van der Waals surface area contributed by atoms with Crippen LogP contribution in [0.4, 0.5) is 0 Å². The van der Waals surface area contributed by atoms with Crippen LogP contribution in [0.1, 0.15) is 17.2 Å². The van der Waals surface area contributed by atoms with Gasteiger partial charge in [-0.3, -0.25) is 0 Å². The molecular weight excluding hydrogens is 144 g/mol. The van der Waals surface area contributed by atoms with E-state index in [1.807, 2.05) is 0 Å². The molecule has 2 rings (SSSR count). The number of aliphatic hydroxyl groups is 1. The van der Waals surface area contributed by atoms with Gasteiger partial charge in [0.2, 0.25) is 0 Å². The first-order chi connectivity index (χ1) is 4.92. The summed E-state index contributed by atoms with van der Waals surface area (Å²) in [4.78, 5) is 1.44. The summed E-state index contributed by atoms with van der Waals surface area (Å²) in [5.41, 5.74) is 0. The molecule has 0 spiro atoms. The van der Waals surface area contributed by atoms with E-state index in [0.717, 1.165) is 0 Å². The lowest BCUT2D eigenvalue weighted by Crippen LogP contribution is -1.85. The van der Waals surface area contributed by atoms with Gasteiger partial charge in [0.05, 0.1) is 0 Å². The highest BCUT2D eigenvalue weighted by Gasteiger charge is 2.37. The molecule has 1 saturated carbocycles. The Hall–Kier alpha value is -0.340. The second-order valence-corrected chi connectivity index (χ2v) is 3.78. The largest absolute Gasteiger partial charge is 0.396 e. The lowest BCUT2D eigenvalue weighted by Gasteiger charge is -1.89. The zero-order valence-electron chi connectivity index (χ0n) is 5.66. The summed E-state index contributed by atoms with van der Waals surface area (Å²) in [6.45, 7) is 0.364. The Labute approximate surface area is 64.3 Å². The molecule has 10 heavy (non-hydrogen) atoms. The molecule has 1 aromatic rings. The van der Waals surface area contributed by atoms with Crippen molar-refractivity contribution in [2.45, 2.75) is 12.3 Å². The van der Waals surface area contributed by atoms with Crippen molar-refractivity contribution in [3.8, 4) is 0 Å². The Kier molecular flexibility index (Phi) is 1.51. The van der Waals surface area contributed by atoms with Crippen molar-refractivity contribution in [3.63, 3.8) is 0 Å². The second-order valence-electron chi connectivity index (χ2n) is 2.80. The third kappa shape index (κ3) is 0.976. The normalized spacial score (nSPS) is 30.5. The van der Waals surface area contributed by atoms with E-state index < -0.39 is 0 Å². The molecule has 2 atom stereocenters. The van der Waals surface area contributed by atoms with Crippen LogP contribution in [0.15, 0.2) is 17.5 Å². The van der Waals surface area contributed by atoms with Crippen molar-refractivity contribution in [2.75, 3.05) is 6.61 Å². The van der Waals surface area contributed by atoms with Gasteiger partial charge in [-0.2, -0.15) is 0 Å². The van der Waals surface area contributed by atoms with E-state index in [1.165, 1.54) is 11.3 Å². The van der Waals surface area contributed by atoms with Crippen molar-refractivity contribution < 1.29 is 5.11 Å². The van der Waals surface area contributed by atoms with E-state index in [9.17, 15) is 0 Å². The van der Waals surface area contributed by atoms with E-state index in [2.05, 4.69) is 17.5 Å². The summed E-state index contributed by atoms with van der Waals surface area (Å²) in [5.74, 6) is 1.25. The summed E-state index contributed by atoms with van der Waals surface area (Å²) in [7, 11) is 0. The predicted molar refractivity (Wildman–Crippen MR) is 42.3 cm³/mol. The Balaban J connectivity index is 2.05. The van der Waals surface area contributed by atoms with Crippen molar-refractivity contribution in [3.05, 3.63) is 22.4 Å². The van der Waals surface area contributed by atoms with Crippen LogP contribution in [0.3, 0.4) is 0 Å². The molecule has 0 aliphatic heterocycles. The zero-order chi connectivity index (χ0) is 6.97. The molecule has 0 amide bonds. The first-order valence-electron chi connectivity index (χ1n) is 3.56. The Bertz CT molecular complexity index is 205. The van der Waals surface area contributed by atoms with Crippen LogP contribution in [0.5, 0.6) is 0 Å². The van der Waals surface area contributed by atoms with Crippen molar-refractivity contribution in [1.29, 1.82) is 0 Å². The van der Waals surface area contributed by atoms with Crippen LogP contribution in [-0.2, 0) is 0 Å². The summed E-state index contributed by atoms with van der Waals surface area (Å²) in [6, 6.07) is 4.23. The van der Waals surface area contributed by atoms with Crippen molar-refractivity contribution >= 4 is 11.3 Å². The average Bonchev–Trinajstić information content (AvgIpc) is 2.56. The van der Waals surface area contributed by atoms with E-state index in [-0.39, 0.29) is 0 Å². The maximum absolute atomic E-state index is 8.78. The van der Waals surface area contributed by atoms with E-state index in [1.54, 1.807) is 11.3 Å². The Morgan fingerprint density at radius 2 is 2.60 bits per heavy atom. The SMILES string of the molecule is OC[C@@H]1C[C@@H]1c1cccs1. The third-order valence-corrected chi connectivity index (χ3v) is 3.07. The Morgan fingerprint density at radius 3 is 3.10 bits per heavy atom. The summed E-state index contributed by atoms with van der Waals surface area (Å²) in [5, 5.41) is 10.9. The first kappa shape index (κ1) is 6.38. The van der Waals surface area contributed by atoms with Gasteiger partial charge in [-0.15, -0.1) is 11.3 Å². The fourth-order valence-corrected chi connectivity index (χ4v) is 2.23. The van der Waals surface area contributed by atoms with Gasteiger partial charge < -0.3 is 5.11 Å². The van der Waals surface area contributed by atoms with Gasteiger partial charge in [-0.05, 0) is 29.7 Å². The molecule has 54 valence electrons. The fourth-order valence-electron chi connectivity index (χ4n) is 1.30. The highest BCUT2D eigenvalue weighted by atomic mass is 32.1. The minimum atomic E-state index is 0.364. The standard InChI is InChI=1S/C8H10OS/c9-5-6-4-7(6)8-2-1-3-10-8/h1-3,6-7,9H,4-5H2/t6-,7-/m0/s1. The molecule has 1 heterocycles. The van der Waals surface area contributed by atoms with Gasteiger partial charge in [0.1, 0.15) is 0 Å². The van der Waals surface area contributed by atoms with Gasteiger partial charge in [0.25, 0.3) is 0 Å². The molecule has 1 fully saturated rings. The highest BCUT2D eigenvalue weighted by Crippen LogP contribution is 2.48. The fraction of sp³-hybridized carbons (Fsp3) is 0.500. The van der Waals surface area contributed by atoms with E-state index in [4.69, 9.17) is 5.11 Å². The molecule has 1 aromatic heterocycles. The summed E-state index contributed by atoms with van der Waals surface area (Å²) >= 11 is 1.80. The molecule has 0 bridgehead atoms. The lowest BCUT2D eigenvalue weighted by molar-refractivity contribution is 0.274. The van der Waals surface area contributed by atoms with Crippen LogP contribution < -0.4 is 0 Å². The van der Waals surface area contributed by atoms with Crippen LogP contribution in [0.2, 0.25) is 0 Å². The van der Waals surface area contributed by atoms with Crippen LogP contribution in [0, 0.1) is 5.92 Å². The quantitative estimate of drug-likeness (QED) is 0.689. The molecule has 1 aliphatic rings. The number of hydrogen-bond donors (Lipinski definition) is 1. The Morgan fingerprint density at radius 1 is 1.70 bits per heavy atom. The second kappa shape index (κ2) is 2.36. The molecule has 0 aromatic carbocycles. The smallest absolute Gasteiger partial charge is 0.0465 e. The van der Waals surface area contributed by atoms with Gasteiger partial charge in [0.15, 0.2) is 0 Å². The number of thiophene rings is 1. The van der Waals surface area contributed by atoms with E-state index >= 15 is 0 Å². The van der Waals surface area contributed by atoms with Crippen LogP contribution in [0.25, 0.3) is 0 Å². The average molecular weight is 154 g/mol. The summed E-state index contributed by atoms with van der Waals surface area (Å²) in [6.07, 6.45) is 1.19. The highest BCUT2D eigenvalue weighted by molar-refractivity contribution is 7.10. The van der Waals surface area contributed by atoms with Gasteiger partial charge in [-0.1, -0.05) is 6.07 Å². The van der Waals surface area contributed by atoms with Gasteiger partial charge >= 0.3 is 0 Å². The number of rotatable bonds is 2. The van der Waals surface area contributed by atoms with Crippen LogP contribution >= 0.6 is 11.3 Å². The lowest BCUT2D eigenvalue weighted by atomic mass is 10.3. The van der Waals surface area contributed by atoms with Crippen molar-refractivity contribution in [1.82, 2.24) is 0 Å². The monoisotopic (exact) mass is 154 g/mol. The maximum Gasteiger partial charge on any atom is 0.0465 e. The minimum Gasteiger partial charge on any atom is -0.396 e. The first-order valence-corrected chi connectivity index (χ1v) is 4.44. The molecule has 2 heteroatoms. The predicted octanol–water partition coefficient (Wildman–Crippen LogP) is 1.84. The molecular formula is C8H10OS. The third-order valence-electron chi connectivity index (χ3n) is 2.07. The zero-order valence-corrected chi connectivity index (χ0v) is 6.47. The molecule has 1 aliphatic carbocycles. The molecule has 0 saturated heterocycles. The molecule has 1 N–H and O–H groups in total. The van der Waals surface area contributed by atoms with Crippen molar-refractivity contribution in [2.24, 2.45) is 5.92 Å². The van der Waals surface area contributed by atoms with Gasteiger partial charge in [-0.25, -0.2) is 0 Å². The maximum atomic E-state index is 8.78. The van der Waals surface area contributed by atoms with Gasteiger partial charge in [0, 0.05) is 11.5 Å².